The third-order valence-electron chi connectivity index (χ3n) is 3.98. The summed E-state index contributed by atoms with van der Waals surface area (Å²) in [4.78, 5) is 16.8. The molecular weight excluding hydrogens is 402 g/mol. The van der Waals surface area contributed by atoms with E-state index in [4.69, 9.17) is 16.3 Å². The minimum absolute atomic E-state index is 0.146. The van der Waals surface area contributed by atoms with Gasteiger partial charge in [-0.1, -0.05) is 18.2 Å². The summed E-state index contributed by atoms with van der Waals surface area (Å²) in [6.45, 7) is 3.24. The smallest absolute Gasteiger partial charge is 0.416 e. The fourth-order valence-corrected chi connectivity index (χ4v) is 2.71. The van der Waals surface area contributed by atoms with Crippen LogP contribution in [0.1, 0.15) is 5.56 Å². The Morgan fingerprint density at radius 2 is 1.89 bits per heavy atom. The summed E-state index contributed by atoms with van der Waals surface area (Å²) < 4.78 is 56.6. The fourth-order valence-electron chi connectivity index (χ4n) is 2.52. The monoisotopic (exact) mass is 415 g/mol. The maximum atomic E-state index is 12.9. The predicted octanol–water partition coefficient (Wildman–Crippen LogP) is 4.57. The number of carbonyl (C=O) groups is 1. The molecule has 2 aromatic rings. The minimum Gasteiger partial charge on any atom is -0.481 e. The molecule has 0 aliphatic carbocycles. The summed E-state index contributed by atoms with van der Waals surface area (Å²) in [6.07, 6.45) is -3.46. The van der Waals surface area contributed by atoms with Gasteiger partial charge in [0.1, 0.15) is 6.10 Å². The summed E-state index contributed by atoms with van der Waals surface area (Å²) >= 11 is 6.15. The Morgan fingerprint density at radius 3 is 2.46 bits per heavy atom. The van der Waals surface area contributed by atoms with E-state index in [0.717, 1.165) is 12.1 Å². The Bertz CT molecular complexity index is 897. The van der Waals surface area contributed by atoms with E-state index in [2.05, 4.69) is 16.9 Å². The summed E-state index contributed by atoms with van der Waals surface area (Å²) in [6, 6.07) is 5.87. The number of nitrogens with zero attached hydrogens (tertiary/aromatic N) is 2. The minimum atomic E-state index is -4.43. The second kappa shape index (κ2) is 7.67. The molecule has 2 heterocycles. The molecule has 0 saturated carbocycles. The number of hydrogen-bond acceptors (Lipinski definition) is 4. The summed E-state index contributed by atoms with van der Waals surface area (Å²) in [5.41, 5.74) is -0.422. The number of pyridine rings is 1. The van der Waals surface area contributed by atoms with Gasteiger partial charge in [0.05, 0.1) is 23.7 Å². The molecule has 10 heteroatoms. The highest BCUT2D eigenvalue weighted by atomic mass is 35.5. The molecule has 3 rings (SSSR count). The topological polar surface area (TPSA) is 54.5 Å². The van der Waals surface area contributed by atoms with E-state index in [1.807, 2.05) is 0 Å². The van der Waals surface area contributed by atoms with Crippen molar-refractivity contribution >= 4 is 29.0 Å². The number of amides is 1. The average Bonchev–Trinajstić information content (AvgIpc) is 2.58. The number of rotatable bonds is 5. The van der Waals surface area contributed by atoms with Gasteiger partial charge in [0.2, 0.25) is 0 Å². The van der Waals surface area contributed by atoms with E-state index < -0.39 is 29.6 Å². The van der Waals surface area contributed by atoms with E-state index in [-0.39, 0.29) is 29.7 Å². The van der Waals surface area contributed by atoms with E-state index in [9.17, 15) is 22.4 Å². The molecule has 1 aromatic carbocycles. The number of benzene rings is 1. The van der Waals surface area contributed by atoms with Crippen LogP contribution < -0.4 is 10.1 Å². The van der Waals surface area contributed by atoms with E-state index in [0.29, 0.717) is 5.69 Å². The van der Waals surface area contributed by atoms with Gasteiger partial charge in [-0.2, -0.15) is 13.2 Å². The highest BCUT2D eigenvalue weighted by Crippen LogP contribution is 2.36. The van der Waals surface area contributed by atoms with Gasteiger partial charge in [-0.25, -0.2) is 9.37 Å². The maximum Gasteiger partial charge on any atom is 0.416 e. The van der Waals surface area contributed by atoms with Gasteiger partial charge < -0.3 is 15.0 Å². The van der Waals surface area contributed by atoms with Crippen molar-refractivity contribution in [1.29, 1.82) is 0 Å². The van der Waals surface area contributed by atoms with Crippen molar-refractivity contribution in [2.45, 2.75) is 12.3 Å². The zero-order valence-corrected chi connectivity index (χ0v) is 15.0. The zero-order chi connectivity index (χ0) is 20.5. The average molecular weight is 416 g/mol. The van der Waals surface area contributed by atoms with Crippen LogP contribution >= 0.6 is 11.6 Å². The molecule has 1 aromatic heterocycles. The number of aromatic nitrogens is 1. The van der Waals surface area contributed by atoms with E-state index in [1.165, 1.54) is 29.3 Å². The number of halogens is 5. The Hall–Kier alpha value is -2.81. The van der Waals surface area contributed by atoms with Gasteiger partial charge in [-0.3, -0.25) is 4.79 Å². The largest absolute Gasteiger partial charge is 0.481 e. The first-order chi connectivity index (χ1) is 13.1. The molecule has 5 nitrogen and oxygen atoms in total. The van der Waals surface area contributed by atoms with Crippen molar-refractivity contribution in [3.8, 4) is 5.75 Å². The Balaban J connectivity index is 1.71. The summed E-state index contributed by atoms with van der Waals surface area (Å²) in [5.74, 6) is -1.48. The molecule has 1 saturated heterocycles. The lowest BCUT2D eigenvalue weighted by molar-refractivity contribution is -0.138. The first kappa shape index (κ1) is 19.9. The van der Waals surface area contributed by atoms with Crippen molar-refractivity contribution in [3.05, 3.63) is 59.5 Å². The second-order valence-electron chi connectivity index (χ2n) is 6.03. The Labute approximate surface area is 162 Å². The van der Waals surface area contributed by atoms with E-state index >= 15 is 0 Å². The molecule has 1 N–H and O–H groups in total. The number of anilines is 2. The summed E-state index contributed by atoms with van der Waals surface area (Å²) in [5, 5.41) is 3.08. The van der Waals surface area contributed by atoms with Crippen LogP contribution in [0.4, 0.5) is 29.1 Å². The summed E-state index contributed by atoms with van der Waals surface area (Å²) in [7, 11) is 0. The van der Waals surface area contributed by atoms with Crippen LogP contribution in [0.5, 0.6) is 5.75 Å². The third-order valence-corrected chi connectivity index (χ3v) is 4.28. The van der Waals surface area contributed by atoms with E-state index in [1.54, 1.807) is 0 Å². The van der Waals surface area contributed by atoms with Gasteiger partial charge in [0, 0.05) is 11.9 Å². The molecule has 0 atom stereocenters. The molecular formula is C18H14ClF4N3O2. The Kier molecular flexibility index (Phi) is 5.46. The van der Waals surface area contributed by atoms with Crippen LogP contribution in [0.25, 0.3) is 0 Å². The van der Waals surface area contributed by atoms with Crippen LogP contribution in [0, 0.1) is 0 Å². The fraction of sp³-hybridized carbons (Fsp3) is 0.222. The first-order valence-electron chi connectivity index (χ1n) is 8.04. The number of likely N-dealkylation sites (tertiary alicyclic amines) is 1. The molecule has 0 radical (unpaired) electrons. The van der Waals surface area contributed by atoms with Crippen molar-refractivity contribution in [3.63, 3.8) is 0 Å². The van der Waals surface area contributed by atoms with Crippen LogP contribution in [0.2, 0.25) is 5.02 Å². The lowest BCUT2D eigenvalue weighted by atomic mass is 10.1. The van der Waals surface area contributed by atoms with Gasteiger partial charge in [-0.05, 0) is 30.3 Å². The molecule has 0 spiro atoms. The highest BCUT2D eigenvalue weighted by Gasteiger charge is 2.34. The molecule has 1 fully saturated rings. The molecule has 0 unspecified atom stereocenters. The lowest BCUT2D eigenvalue weighted by Gasteiger charge is -2.38. The molecule has 1 aliphatic heterocycles. The van der Waals surface area contributed by atoms with Gasteiger partial charge in [-0.15, -0.1) is 0 Å². The van der Waals surface area contributed by atoms with Gasteiger partial charge in [0.25, 0.3) is 5.91 Å². The maximum absolute atomic E-state index is 12.9. The Morgan fingerprint density at radius 1 is 1.25 bits per heavy atom. The standard InChI is InChI=1S/C18H14ClF4N3O2/c1-10(20)17(27)26-8-13(9-26)28-15-14(19)6-7-24-16(15)25-12-4-2-11(3-5-12)18(21,22)23/h2-7,13H,1,8-9H2,(H,24,25). The number of alkyl halides is 3. The molecule has 1 aliphatic rings. The number of nitrogens with one attached hydrogen (secondary N) is 1. The molecule has 1 amide bonds. The first-order valence-corrected chi connectivity index (χ1v) is 8.42. The van der Waals surface area contributed by atoms with Crippen LogP contribution in [0.3, 0.4) is 0 Å². The van der Waals surface area contributed by atoms with Crippen LogP contribution in [0.15, 0.2) is 48.9 Å². The predicted molar refractivity (Wildman–Crippen MR) is 95.2 cm³/mol. The zero-order valence-electron chi connectivity index (χ0n) is 14.3. The van der Waals surface area contributed by atoms with Gasteiger partial charge in [0.15, 0.2) is 17.4 Å². The van der Waals surface area contributed by atoms with Gasteiger partial charge >= 0.3 is 6.18 Å². The number of ether oxygens (including phenoxy) is 1. The van der Waals surface area contributed by atoms with Crippen molar-refractivity contribution in [2.75, 3.05) is 18.4 Å². The van der Waals surface area contributed by atoms with Crippen molar-refractivity contribution in [2.24, 2.45) is 0 Å². The van der Waals surface area contributed by atoms with Crippen LogP contribution in [-0.2, 0) is 11.0 Å². The second-order valence-corrected chi connectivity index (χ2v) is 6.43. The normalized spacial score (nSPS) is 14.4. The highest BCUT2D eigenvalue weighted by molar-refractivity contribution is 6.32. The number of hydrogen-bond donors (Lipinski definition) is 1. The van der Waals surface area contributed by atoms with Crippen LogP contribution in [-0.4, -0.2) is 35.0 Å². The van der Waals surface area contributed by atoms with Crippen molar-refractivity contribution < 1.29 is 27.1 Å². The lowest BCUT2D eigenvalue weighted by Crippen LogP contribution is -2.56. The number of carbonyl (C=O) groups excluding carboxylic acids is 1. The van der Waals surface area contributed by atoms with Crippen molar-refractivity contribution in [1.82, 2.24) is 9.88 Å². The SMILES string of the molecule is C=C(F)C(=O)N1CC(Oc2c(Cl)ccnc2Nc2ccc(C(F)(F)F)cc2)C1. The molecule has 148 valence electrons. The third kappa shape index (κ3) is 4.36. The quantitative estimate of drug-likeness (QED) is 0.574. The molecule has 0 bridgehead atoms. The molecule has 28 heavy (non-hydrogen) atoms.